The topological polar surface area (TPSA) is 125 Å². The molecule has 0 saturated carbocycles. The van der Waals surface area contributed by atoms with E-state index in [1.165, 1.54) is 26.2 Å². The maximum atomic E-state index is 13.3. The molecule has 32 heavy (non-hydrogen) atoms. The molecule has 3 rings (SSSR count). The molecule has 0 spiro atoms. The van der Waals surface area contributed by atoms with Gasteiger partial charge in [-0.25, -0.2) is 0 Å². The molecule has 2 aromatic rings. The van der Waals surface area contributed by atoms with Gasteiger partial charge in [0.2, 0.25) is 5.91 Å². The summed E-state index contributed by atoms with van der Waals surface area (Å²) in [6.07, 6.45) is -0.00502. The number of hydrogen-bond acceptors (Lipinski definition) is 7. The van der Waals surface area contributed by atoms with Gasteiger partial charge in [-0.05, 0) is 43.2 Å². The van der Waals surface area contributed by atoms with Gasteiger partial charge in [-0.1, -0.05) is 23.2 Å². The van der Waals surface area contributed by atoms with Crippen LogP contribution in [0.25, 0.3) is 0 Å². The highest BCUT2D eigenvalue weighted by atomic mass is 32.2. The number of imide groups is 1. The minimum Gasteiger partial charge on any atom is -0.772 e. The van der Waals surface area contributed by atoms with Gasteiger partial charge in [0.05, 0.1) is 36.6 Å². The van der Waals surface area contributed by atoms with E-state index in [1.54, 1.807) is 31.2 Å². The maximum absolute atomic E-state index is 13.3. The minimum atomic E-state index is -2.37. The fourth-order valence-corrected chi connectivity index (χ4v) is 4.12. The van der Waals surface area contributed by atoms with E-state index < -0.39 is 28.9 Å². The summed E-state index contributed by atoms with van der Waals surface area (Å²) in [5.74, 6) is -0.926. The molecule has 2 aromatic carbocycles. The van der Waals surface area contributed by atoms with Crippen molar-refractivity contribution >= 4 is 34.5 Å². The summed E-state index contributed by atoms with van der Waals surface area (Å²) >= 11 is -2.37. The van der Waals surface area contributed by atoms with Crippen molar-refractivity contribution in [1.82, 2.24) is 4.90 Å². The van der Waals surface area contributed by atoms with Crippen LogP contribution in [0.1, 0.15) is 52.6 Å². The number of nitrogens with one attached hydrogen (secondary N) is 1. The van der Waals surface area contributed by atoms with Crippen LogP contribution in [0.5, 0.6) is 11.5 Å². The molecule has 1 heterocycles. The Morgan fingerprint density at radius 1 is 1.19 bits per heavy atom. The fourth-order valence-electron chi connectivity index (χ4n) is 3.70. The molecule has 0 aliphatic carbocycles. The number of rotatable bonds is 9. The van der Waals surface area contributed by atoms with Gasteiger partial charge in [0.1, 0.15) is 0 Å². The molecule has 1 N–H and O–H groups in total. The Balaban J connectivity index is 2.08. The first-order valence-electron chi connectivity index (χ1n) is 9.93. The van der Waals surface area contributed by atoms with Crippen molar-refractivity contribution in [3.63, 3.8) is 0 Å². The first-order chi connectivity index (χ1) is 15.3. The number of fused-ring (bicyclic) bond motifs is 1. The predicted molar refractivity (Wildman–Crippen MR) is 117 cm³/mol. The van der Waals surface area contributed by atoms with Gasteiger partial charge >= 0.3 is 0 Å². The SMILES string of the molecule is CCOc1cc([C@H](CCS(=O)[O-])N2C(=O)c3cccc(NC(C)=O)c3C2=O)ccc1OC. The van der Waals surface area contributed by atoms with Crippen LogP contribution in [0, 0.1) is 0 Å². The smallest absolute Gasteiger partial charge is 0.264 e. The highest BCUT2D eigenvalue weighted by Crippen LogP contribution is 2.39. The Morgan fingerprint density at radius 2 is 1.94 bits per heavy atom. The van der Waals surface area contributed by atoms with Gasteiger partial charge in [-0.15, -0.1) is 0 Å². The lowest BCUT2D eigenvalue weighted by Crippen LogP contribution is -2.35. The summed E-state index contributed by atoms with van der Waals surface area (Å²) < 4.78 is 33.5. The number of carbonyl (C=O) groups is 3. The van der Waals surface area contributed by atoms with E-state index in [9.17, 15) is 23.1 Å². The molecular weight excluding hydrogens is 436 g/mol. The first kappa shape index (κ1) is 23.4. The number of benzene rings is 2. The Labute approximate surface area is 188 Å². The van der Waals surface area contributed by atoms with Crippen LogP contribution in [-0.2, 0) is 15.9 Å². The molecule has 10 heteroatoms. The Kier molecular flexibility index (Phi) is 7.26. The van der Waals surface area contributed by atoms with E-state index in [-0.39, 0.29) is 34.9 Å². The molecule has 9 nitrogen and oxygen atoms in total. The van der Waals surface area contributed by atoms with E-state index in [4.69, 9.17) is 9.47 Å². The Bertz CT molecular complexity index is 1090. The molecule has 170 valence electrons. The van der Waals surface area contributed by atoms with Crippen molar-refractivity contribution in [3.8, 4) is 11.5 Å². The number of carbonyl (C=O) groups excluding carboxylic acids is 3. The van der Waals surface area contributed by atoms with Crippen molar-refractivity contribution in [1.29, 1.82) is 0 Å². The predicted octanol–water partition coefficient (Wildman–Crippen LogP) is 2.66. The summed E-state index contributed by atoms with van der Waals surface area (Å²) in [7, 11) is 1.49. The average Bonchev–Trinajstić information content (AvgIpc) is 3.00. The van der Waals surface area contributed by atoms with E-state index in [0.717, 1.165) is 4.90 Å². The largest absolute Gasteiger partial charge is 0.772 e. The van der Waals surface area contributed by atoms with Gasteiger partial charge < -0.3 is 19.3 Å². The standard InChI is InChI=1S/C22H24N2O7S/c1-4-31-19-12-14(8-9-18(19)30-3)17(10-11-32(28)29)24-21(26)15-6-5-7-16(23-13(2)25)20(15)22(24)27/h5-9,12,17H,4,10-11H2,1-3H3,(H,23,25)(H,28,29)/p-1/t17-/m0/s1. The van der Waals surface area contributed by atoms with Gasteiger partial charge in [-0.3, -0.25) is 23.5 Å². The van der Waals surface area contributed by atoms with Crippen LogP contribution in [-0.4, -0.2) is 50.9 Å². The highest BCUT2D eigenvalue weighted by Gasteiger charge is 2.42. The van der Waals surface area contributed by atoms with Crippen molar-refractivity contribution in [2.24, 2.45) is 0 Å². The first-order valence-corrected chi connectivity index (χ1v) is 11.2. The van der Waals surface area contributed by atoms with Gasteiger partial charge in [0.15, 0.2) is 11.5 Å². The molecule has 0 saturated heterocycles. The zero-order chi connectivity index (χ0) is 23.4. The van der Waals surface area contributed by atoms with Crippen LogP contribution in [0.15, 0.2) is 36.4 Å². The number of nitrogens with zero attached hydrogens (tertiary/aromatic N) is 1. The minimum absolute atomic E-state index is 0.00502. The lowest BCUT2D eigenvalue weighted by molar-refractivity contribution is -0.114. The molecule has 1 unspecified atom stereocenters. The third-order valence-electron chi connectivity index (χ3n) is 5.00. The van der Waals surface area contributed by atoms with E-state index in [0.29, 0.717) is 23.7 Å². The fraction of sp³-hybridized carbons (Fsp3) is 0.318. The lowest BCUT2D eigenvalue weighted by atomic mass is 10.0. The van der Waals surface area contributed by atoms with Crippen molar-refractivity contribution in [2.45, 2.75) is 26.3 Å². The third-order valence-corrected chi connectivity index (χ3v) is 5.57. The zero-order valence-electron chi connectivity index (χ0n) is 17.9. The van der Waals surface area contributed by atoms with E-state index >= 15 is 0 Å². The number of methoxy groups -OCH3 is 1. The van der Waals surface area contributed by atoms with Gasteiger partial charge in [0, 0.05) is 12.7 Å². The summed E-state index contributed by atoms with van der Waals surface area (Å²) in [6, 6.07) is 8.69. The number of anilines is 1. The monoisotopic (exact) mass is 459 g/mol. The zero-order valence-corrected chi connectivity index (χ0v) is 18.7. The lowest BCUT2D eigenvalue weighted by Gasteiger charge is -2.28. The second-order valence-electron chi connectivity index (χ2n) is 7.05. The van der Waals surface area contributed by atoms with Crippen LogP contribution < -0.4 is 14.8 Å². The summed E-state index contributed by atoms with van der Waals surface area (Å²) in [5, 5.41) is 2.57. The van der Waals surface area contributed by atoms with E-state index in [1.807, 2.05) is 0 Å². The highest BCUT2D eigenvalue weighted by molar-refractivity contribution is 7.79. The van der Waals surface area contributed by atoms with Crippen molar-refractivity contribution < 1.29 is 32.6 Å². The normalized spacial score (nSPS) is 14.7. The van der Waals surface area contributed by atoms with Gasteiger partial charge in [0.25, 0.3) is 11.8 Å². The van der Waals surface area contributed by atoms with Crippen molar-refractivity contribution in [3.05, 3.63) is 53.1 Å². The molecule has 0 fully saturated rings. The van der Waals surface area contributed by atoms with E-state index in [2.05, 4.69) is 5.32 Å². The third kappa shape index (κ3) is 4.66. The molecule has 0 radical (unpaired) electrons. The number of amides is 3. The summed E-state index contributed by atoms with van der Waals surface area (Å²) in [5.41, 5.74) is 0.981. The number of ether oxygens (including phenoxy) is 2. The molecule has 1 aliphatic rings. The van der Waals surface area contributed by atoms with Crippen molar-refractivity contribution in [2.75, 3.05) is 24.8 Å². The van der Waals surface area contributed by atoms with Gasteiger partial charge in [-0.2, -0.15) is 0 Å². The van der Waals surface area contributed by atoms with Crippen LogP contribution in [0.3, 0.4) is 0 Å². The van der Waals surface area contributed by atoms with Crippen LogP contribution in [0.4, 0.5) is 5.69 Å². The maximum Gasteiger partial charge on any atom is 0.264 e. The second kappa shape index (κ2) is 9.92. The molecule has 1 aliphatic heterocycles. The Hall–Kier alpha value is -3.24. The quantitative estimate of drug-likeness (QED) is 0.451. The molecule has 3 amide bonds. The molecule has 0 aromatic heterocycles. The number of hydrogen-bond donors (Lipinski definition) is 1. The van der Waals surface area contributed by atoms with Crippen LogP contribution in [0.2, 0.25) is 0 Å². The molecular formula is C22H23N2O7S-. The average molecular weight is 460 g/mol. The summed E-state index contributed by atoms with van der Waals surface area (Å²) in [4.78, 5) is 39.2. The molecule has 2 atom stereocenters. The molecule has 0 bridgehead atoms. The van der Waals surface area contributed by atoms with Crippen LogP contribution >= 0.6 is 0 Å². The summed E-state index contributed by atoms with van der Waals surface area (Å²) in [6.45, 7) is 3.47. The Morgan fingerprint density at radius 3 is 2.56 bits per heavy atom. The second-order valence-corrected chi connectivity index (χ2v) is 8.06.